The largest absolute Gasteiger partial charge is 0.373 e. The van der Waals surface area contributed by atoms with E-state index in [-0.39, 0.29) is 5.95 Å². The monoisotopic (exact) mass is 343 g/mol. The van der Waals surface area contributed by atoms with Crippen LogP contribution in [0.2, 0.25) is 0 Å². The predicted octanol–water partition coefficient (Wildman–Crippen LogP) is 3.76. The maximum atomic E-state index is 5.72. The SMILES string of the molecule is CNc1cc(Nc2ccc(Br)c3ccccc23)nc(N)n1. The first-order chi connectivity index (χ1) is 10.2. The van der Waals surface area contributed by atoms with Crippen molar-refractivity contribution in [3.05, 3.63) is 46.9 Å². The van der Waals surface area contributed by atoms with Gasteiger partial charge in [-0.15, -0.1) is 0 Å². The smallest absolute Gasteiger partial charge is 0.223 e. The molecule has 0 saturated carbocycles. The maximum Gasteiger partial charge on any atom is 0.223 e. The van der Waals surface area contributed by atoms with Crippen molar-refractivity contribution in [1.82, 2.24) is 9.97 Å². The Kier molecular flexibility index (Phi) is 3.62. The van der Waals surface area contributed by atoms with E-state index >= 15 is 0 Å². The average Bonchev–Trinajstić information content (AvgIpc) is 2.50. The molecule has 2 aromatic carbocycles. The summed E-state index contributed by atoms with van der Waals surface area (Å²) in [4.78, 5) is 8.29. The number of fused-ring (bicyclic) bond motifs is 1. The molecule has 0 atom stereocenters. The van der Waals surface area contributed by atoms with E-state index < -0.39 is 0 Å². The molecule has 3 rings (SSSR count). The number of nitrogens with two attached hydrogens (primary N) is 1. The zero-order valence-electron chi connectivity index (χ0n) is 11.4. The highest BCUT2D eigenvalue weighted by Crippen LogP contribution is 2.31. The minimum absolute atomic E-state index is 0.228. The maximum absolute atomic E-state index is 5.72. The summed E-state index contributed by atoms with van der Waals surface area (Å²) in [6, 6.07) is 14.0. The van der Waals surface area contributed by atoms with Gasteiger partial charge in [0.1, 0.15) is 11.6 Å². The van der Waals surface area contributed by atoms with Gasteiger partial charge in [-0.3, -0.25) is 0 Å². The molecule has 0 aliphatic heterocycles. The lowest BCUT2D eigenvalue weighted by Gasteiger charge is -2.11. The van der Waals surface area contributed by atoms with Gasteiger partial charge in [-0.25, -0.2) is 0 Å². The number of aromatic nitrogens is 2. The van der Waals surface area contributed by atoms with E-state index in [4.69, 9.17) is 5.73 Å². The van der Waals surface area contributed by atoms with Crippen LogP contribution >= 0.6 is 15.9 Å². The van der Waals surface area contributed by atoms with Crippen molar-refractivity contribution < 1.29 is 0 Å². The Bertz CT molecular complexity index is 803. The molecule has 0 bridgehead atoms. The van der Waals surface area contributed by atoms with Gasteiger partial charge < -0.3 is 16.4 Å². The summed E-state index contributed by atoms with van der Waals surface area (Å²) in [5.41, 5.74) is 6.68. The van der Waals surface area contributed by atoms with Gasteiger partial charge >= 0.3 is 0 Å². The van der Waals surface area contributed by atoms with E-state index in [9.17, 15) is 0 Å². The summed E-state index contributed by atoms with van der Waals surface area (Å²) in [5, 5.41) is 8.50. The number of nitrogens with one attached hydrogen (secondary N) is 2. The van der Waals surface area contributed by atoms with Crippen molar-refractivity contribution in [2.45, 2.75) is 0 Å². The van der Waals surface area contributed by atoms with Crippen LogP contribution in [0.1, 0.15) is 0 Å². The summed E-state index contributed by atoms with van der Waals surface area (Å²) in [6.45, 7) is 0. The normalized spacial score (nSPS) is 10.6. The first-order valence-electron chi connectivity index (χ1n) is 6.44. The van der Waals surface area contributed by atoms with Crippen LogP contribution in [-0.4, -0.2) is 17.0 Å². The Morgan fingerprint density at radius 3 is 2.48 bits per heavy atom. The van der Waals surface area contributed by atoms with Crippen molar-refractivity contribution in [1.29, 1.82) is 0 Å². The fourth-order valence-electron chi connectivity index (χ4n) is 2.17. The topological polar surface area (TPSA) is 75.9 Å². The standard InChI is InChI=1S/C15H14BrN5/c1-18-13-8-14(21-15(17)20-13)19-12-7-6-11(16)9-4-2-3-5-10(9)12/h2-8H,1H3,(H4,17,18,19,20,21). The number of nitrogens with zero attached hydrogens (tertiary/aromatic N) is 2. The highest BCUT2D eigenvalue weighted by Gasteiger charge is 2.06. The quantitative estimate of drug-likeness (QED) is 0.675. The van der Waals surface area contributed by atoms with Crippen molar-refractivity contribution in [3.63, 3.8) is 0 Å². The number of rotatable bonds is 3. The molecule has 0 saturated heterocycles. The summed E-state index contributed by atoms with van der Waals surface area (Å²) in [7, 11) is 1.79. The van der Waals surface area contributed by atoms with Crippen molar-refractivity contribution >= 4 is 50.0 Å². The number of halogens is 1. The first-order valence-corrected chi connectivity index (χ1v) is 7.23. The van der Waals surface area contributed by atoms with Crippen LogP contribution in [0.15, 0.2) is 46.9 Å². The molecule has 0 amide bonds. The van der Waals surface area contributed by atoms with Crippen molar-refractivity contribution in [3.8, 4) is 0 Å². The van der Waals surface area contributed by atoms with E-state index in [0.29, 0.717) is 11.6 Å². The number of benzene rings is 2. The highest BCUT2D eigenvalue weighted by molar-refractivity contribution is 9.10. The van der Waals surface area contributed by atoms with Crippen LogP contribution in [0.4, 0.5) is 23.3 Å². The molecule has 5 nitrogen and oxygen atoms in total. The molecule has 0 unspecified atom stereocenters. The Morgan fingerprint density at radius 2 is 1.71 bits per heavy atom. The molecule has 4 N–H and O–H groups in total. The highest BCUT2D eigenvalue weighted by atomic mass is 79.9. The predicted molar refractivity (Wildman–Crippen MR) is 90.9 cm³/mol. The summed E-state index contributed by atoms with van der Waals surface area (Å²) in [5.74, 6) is 1.55. The third kappa shape index (κ3) is 2.75. The van der Waals surface area contributed by atoms with E-state index in [1.54, 1.807) is 7.05 Å². The van der Waals surface area contributed by atoms with Crippen LogP contribution in [0.5, 0.6) is 0 Å². The minimum Gasteiger partial charge on any atom is -0.373 e. The Labute approximate surface area is 130 Å². The van der Waals surface area contributed by atoms with Gasteiger partial charge in [0.05, 0.1) is 0 Å². The second kappa shape index (κ2) is 5.57. The van der Waals surface area contributed by atoms with Crippen molar-refractivity contribution in [2.75, 3.05) is 23.4 Å². The average molecular weight is 344 g/mol. The van der Waals surface area contributed by atoms with Gasteiger partial charge in [0.15, 0.2) is 0 Å². The number of anilines is 4. The van der Waals surface area contributed by atoms with Gasteiger partial charge in [-0.2, -0.15) is 9.97 Å². The lowest BCUT2D eigenvalue weighted by Crippen LogP contribution is -2.03. The minimum atomic E-state index is 0.228. The van der Waals surface area contributed by atoms with E-state index in [1.807, 2.05) is 30.3 Å². The second-order valence-corrected chi connectivity index (χ2v) is 5.37. The molecule has 6 heteroatoms. The molecule has 0 spiro atoms. The third-order valence-corrected chi connectivity index (χ3v) is 3.82. The molecule has 0 fully saturated rings. The summed E-state index contributed by atoms with van der Waals surface area (Å²) >= 11 is 3.57. The van der Waals surface area contributed by atoms with Crippen LogP contribution in [-0.2, 0) is 0 Å². The fourth-order valence-corrected chi connectivity index (χ4v) is 2.65. The molecule has 21 heavy (non-hydrogen) atoms. The van der Waals surface area contributed by atoms with E-state index in [2.05, 4.69) is 48.7 Å². The van der Waals surface area contributed by atoms with Gasteiger partial charge in [-0.05, 0) is 17.5 Å². The zero-order chi connectivity index (χ0) is 14.8. The van der Waals surface area contributed by atoms with Gasteiger partial charge in [0.2, 0.25) is 5.95 Å². The summed E-state index contributed by atoms with van der Waals surface area (Å²) < 4.78 is 1.06. The molecule has 0 aliphatic carbocycles. The van der Waals surface area contributed by atoms with Crippen LogP contribution in [0.3, 0.4) is 0 Å². The van der Waals surface area contributed by atoms with Crippen LogP contribution in [0, 0.1) is 0 Å². The lowest BCUT2D eigenvalue weighted by molar-refractivity contribution is 1.18. The number of hydrogen-bond acceptors (Lipinski definition) is 5. The zero-order valence-corrected chi connectivity index (χ0v) is 13.0. The molecular formula is C15H14BrN5. The van der Waals surface area contributed by atoms with Gasteiger partial charge in [0, 0.05) is 28.7 Å². The molecule has 106 valence electrons. The van der Waals surface area contributed by atoms with Gasteiger partial charge in [-0.1, -0.05) is 40.2 Å². The summed E-state index contributed by atoms with van der Waals surface area (Å²) in [6.07, 6.45) is 0. The number of nitrogen functional groups attached to an aromatic ring is 1. The Hall–Kier alpha value is -2.34. The Morgan fingerprint density at radius 1 is 1.00 bits per heavy atom. The van der Waals surface area contributed by atoms with Crippen LogP contribution < -0.4 is 16.4 Å². The van der Waals surface area contributed by atoms with E-state index in [0.717, 1.165) is 20.9 Å². The van der Waals surface area contributed by atoms with Crippen molar-refractivity contribution in [2.24, 2.45) is 0 Å². The third-order valence-electron chi connectivity index (χ3n) is 3.13. The molecular weight excluding hydrogens is 330 g/mol. The second-order valence-electron chi connectivity index (χ2n) is 4.51. The van der Waals surface area contributed by atoms with Crippen LogP contribution in [0.25, 0.3) is 10.8 Å². The van der Waals surface area contributed by atoms with E-state index in [1.165, 1.54) is 0 Å². The lowest BCUT2D eigenvalue weighted by atomic mass is 10.1. The van der Waals surface area contributed by atoms with Gasteiger partial charge in [0.25, 0.3) is 0 Å². The molecule has 0 radical (unpaired) electrons. The molecule has 1 heterocycles. The Balaban J connectivity index is 2.06. The first kappa shape index (κ1) is 13.6. The molecule has 1 aromatic heterocycles. The number of hydrogen-bond donors (Lipinski definition) is 3. The molecule has 3 aromatic rings. The fraction of sp³-hybridized carbons (Fsp3) is 0.0667. The molecule has 0 aliphatic rings.